The van der Waals surface area contributed by atoms with E-state index < -0.39 is 0 Å². The lowest BCUT2D eigenvalue weighted by Crippen LogP contribution is -2.45. The lowest BCUT2D eigenvalue weighted by atomic mass is 9.99. The first-order chi connectivity index (χ1) is 8.58. The van der Waals surface area contributed by atoms with Crippen molar-refractivity contribution in [2.75, 3.05) is 33.7 Å². The Bertz CT molecular complexity index is 379. The predicted octanol–water partition coefficient (Wildman–Crippen LogP) is 1.46. The van der Waals surface area contributed by atoms with E-state index in [4.69, 9.17) is 5.73 Å². The van der Waals surface area contributed by atoms with Gasteiger partial charge in [-0.2, -0.15) is 0 Å². The molecule has 100 valence electrons. The van der Waals surface area contributed by atoms with Crippen molar-refractivity contribution in [2.24, 2.45) is 5.73 Å². The van der Waals surface area contributed by atoms with Crippen LogP contribution in [0, 0.1) is 5.82 Å². The van der Waals surface area contributed by atoms with Crippen LogP contribution in [0.1, 0.15) is 18.0 Å². The Morgan fingerprint density at radius 1 is 1.22 bits per heavy atom. The first-order valence-electron chi connectivity index (χ1n) is 6.48. The number of likely N-dealkylation sites (N-methyl/N-ethyl adjacent to an activating group) is 2. The van der Waals surface area contributed by atoms with Gasteiger partial charge >= 0.3 is 0 Å². The van der Waals surface area contributed by atoms with Gasteiger partial charge in [-0.05, 0) is 51.3 Å². The van der Waals surface area contributed by atoms with Crippen molar-refractivity contribution in [3.05, 3.63) is 35.6 Å². The van der Waals surface area contributed by atoms with E-state index in [9.17, 15) is 4.39 Å². The highest BCUT2D eigenvalue weighted by molar-refractivity contribution is 5.21. The Morgan fingerprint density at radius 3 is 2.56 bits per heavy atom. The second-order valence-corrected chi connectivity index (χ2v) is 5.24. The van der Waals surface area contributed by atoms with Crippen LogP contribution in [-0.4, -0.2) is 49.6 Å². The van der Waals surface area contributed by atoms with Crippen molar-refractivity contribution in [3.8, 4) is 0 Å². The molecule has 1 saturated heterocycles. The van der Waals surface area contributed by atoms with Crippen molar-refractivity contribution in [3.63, 3.8) is 0 Å². The van der Waals surface area contributed by atoms with Crippen molar-refractivity contribution >= 4 is 0 Å². The van der Waals surface area contributed by atoms with E-state index in [-0.39, 0.29) is 17.9 Å². The summed E-state index contributed by atoms with van der Waals surface area (Å²) in [7, 11) is 4.25. The maximum absolute atomic E-state index is 12.9. The fourth-order valence-electron chi connectivity index (χ4n) is 2.60. The van der Waals surface area contributed by atoms with Crippen LogP contribution in [0.3, 0.4) is 0 Å². The van der Waals surface area contributed by atoms with Crippen LogP contribution >= 0.6 is 0 Å². The van der Waals surface area contributed by atoms with Gasteiger partial charge in [-0.25, -0.2) is 4.39 Å². The molecule has 1 aliphatic rings. The molecular formula is C14H22FN3. The Morgan fingerprint density at radius 2 is 1.89 bits per heavy atom. The van der Waals surface area contributed by atoms with Crippen LogP contribution in [0.5, 0.6) is 0 Å². The zero-order valence-electron chi connectivity index (χ0n) is 11.1. The number of nitrogens with zero attached hydrogens (tertiary/aromatic N) is 2. The highest BCUT2D eigenvalue weighted by Gasteiger charge is 2.26. The van der Waals surface area contributed by atoms with Crippen LogP contribution in [0.25, 0.3) is 0 Å². The van der Waals surface area contributed by atoms with Crippen LogP contribution in [-0.2, 0) is 0 Å². The molecule has 2 N–H and O–H groups in total. The van der Waals surface area contributed by atoms with E-state index in [1.54, 1.807) is 12.1 Å². The Labute approximate surface area is 108 Å². The molecule has 1 aromatic carbocycles. The Hall–Kier alpha value is -0.970. The number of rotatable bonds is 2. The van der Waals surface area contributed by atoms with Gasteiger partial charge in [-0.3, -0.25) is 0 Å². The van der Waals surface area contributed by atoms with E-state index in [0.717, 1.165) is 25.2 Å². The van der Waals surface area contributed by atoms with E-state index in [2.05, 4.69) is 23.9 Å². The largest absolute Gasteiger partial charge is 0.323 e. The summed E-state index contributed by atoms with van der Waals surface area (Å²) in [4.78, 5) is 4.63. The SMILES string of the molecule is CN1CCCN(C)C(C(N)c2ccc(F)cc2)C1. The molecule has 2 unspecified atom stereocenters. The van der Waals surface area contributed by atoms with Gasteiger partial charge < -0.3 is 15.5 Å². The van der Waals surface area contributed by atoms with Crippen molar-refractivity contribution in [1.82, 2.24) is 9.80 Å². The molecule has 0 radical (unpaired) electrons. The minimum atomic E-state index is -0.211. The average molecular weight is 251 g/mol. The molecule has 2 atom stereocenters. The number of nitrogens with two attached hydrogens (primary N) is 1. The van der Waals surface area contributed by atoms with E-state index in [0.29, 0.717) is 0 Å². The van der Waals surface area contributed by atoms with Crippen molar-refractivity contribution < 1.29 is 4.39 Å². The normalized spacial score (nSPS) is 24.8. The fraction of sp³-hybridized carbons (Fsp3) is 0.571. The molecule has 1 fully saturated rings. The van der Waals surface area contributed by atoms with E-state index in [1.807, 2.05) is 0 Å². The molecule has 0 aliphatic carbocycles. The summed E-state index contributed by atoms with van der Waals surface area (Å²) in [6, 6.07) is 6.75. The van der Waals surface area contributed by atoms with Crippen LogP contribution in [0.4, 0.5) is 4.39 Å². The molecule has 0 amide bonds. The number of halogens is 1. The minimum Gasteiger partial charge on any atom is -0.323 e. The summed E-state index contributed by atoms with van der Waals surface area (Å²) in [5, 5.41) is 0. The smallest absolute Gasteiger partial charge is 0.123 e. The maximum atomic E-state index is 12.9. The summed E-state index contributed by atoms with van der Waals surface area (Å²) in [6.07, 6.45) is 1.17. The quantitative estimate of drug-likeness (QED) is 0.864. The van der Waals surface area contributed by atoms with Crippen molar-refractivity contribution in [2.45, 2.75) is 18.5 Å². The third-order valence-electron chi connectivity index (χ3n) is 3.78. The molecule has 0 saturated carbocycles. The van der Waals surface area contributed by atoms with Gasteiger partial charge in [-0.15, -0.1) is 0 Å². The second-order valence-electron chi connectivity index (χ2n) is 5.24. The summed E-state index contributed by atoms with van der Waals surface area (Å²) >= 11 is 0. The van der Waals surface area contributed by atoms with E-state index >= 15 is 0 Å². The van der Waals surface area contributed by atoms with Gasteiger partial charge in [-0.1, -0.05) is 12.1 Å². The zero-order chi connectivity index (χ0) is 13.1. The van der Waals surface area contributed by atoms with Gasteiger partial charge in [0.05, 0.1) is 0 Å². The minimum absolute atomic E-state index is 0.0730. The highest BCUT2D eigenvalue weighted by Crippen LogP contribution is 2.21. The molecule has 4 heteroatoms. The second kappa shape index (κ2) is 5.78. The zero-order valence-corrected chi connectivity index (χ0v) is 11.1. The highest BCUT2D eigenvalue weighted by atomic mass is 19.1. The molecular weight excluding hydrogens is 229 g/mol. The molecule has 1 aliphatic heterocycles. The molecule has 0 aromatic heterocycles. The van der Waals surface area contributed by atoms with Gasteiger partial charge in [0.15, 0.2) is 0 Å². The molecule has 1 aromatic rings. The fourth-order valence-corrected chi connectivity index (χ4v) is 2.60. The van der Waals surface area contributed by atoms with Crippen LogP contribution in [0.15, 0.2) is 24.3 Å². The number of hydrogen-bond acceptors (Lipinski definition) is 3. The van der Waals surface area contributed by atoms with Crippen LogP contribution in [0.2, 0.25) is 0 Å². The maximum Gasteiger partial charge on any atom is 0.123 e. The molecule has 18 heavy (non-hydrogen) atoms. The molecule has 1 heterocycles. The number of hydrogen-bond donors (Lipinski definition) is 1. The average Bonchev–Trinajstić information content (AvgIpc) is 2.51. The van der Waals surface area contributed by atoms with E-state index in [1.165, 1.54) is 18.6 Å². The number of benzene rings is 1. The topological polar surface area (TPSA) is 32.5 Å². The predicted molar refractivity (Wildman–Crippen MR) is 71.9 cm³/mol. The van der Waals surface area contributed by atoms with Gasteiger partial charge in [0.25, 0.3) is 0 Å². The molecule has 3 nitrogen and oxygen atoms in total. The lowest BCUT2D eigenvalue weighted by molar-refractivity contribution is 0.196. The van der Waals surface area contributed by atoms with Gasteiger partial charge in [0, 0.05) is 18.6 Å². The summed E-state index contributed by atoms with van der Waals surface area (Å²) in [6.45, 7) is 3.12. The lowest BCUT2D eigenvalue weighted by Gasteiger charge is -2.32. The monoisotopic (exact) mass is 251 g/mol. The van der Waals surface area contributed by atoms with Gasteiger partial charge in [0.2, 0.25) is 0 Å². The van der Waals surface area contributed by atoms with Crippen molar-refractivity contribution in [1.29, 1.82) is 0 Å². The summed E-state index contributed by atoms with van der Waals surface area (Å²) < 4.78 is 12.9. The third kappa shape index (κ3) is 3.07. The Kier molecular flexibility index (Phi) is 4.32. The molecule has 2 rings (SSSR count). The first kappa shape index (κ1) is 13.5. The Balaban J connectivity index is 2.14. The third-order valence-corrected chi connectivity index (χ3v) is 3.78. The van der Waals surface area contributed by atoms with Gasteiger partial charge in [0.1, 0.15) is 5.82 Å². The molecule has 0 spiro atoms. The summed E-state index contributed by atoms with van der Waals surface area (Å²) in [5.41, 5.74) is 7.35. The first-order valence-corrected chi connectivity index (χ1v) is 6.48. The van der Waals surface area contributed by atoms with Crippen LogP contribution < -0.4 is 5.73 Å². The summed E-state index contributed by atoms with van der Waals surface area (Å²) in [5.74, 6) is -0.211. The standard InChI is InChI=1S/C14H22FN3/c1-17-8-3-9-18(2)13(10-17)14(16)11-4-6-12(15)7-5-11/h4-7,13-14H,3,8-10,16H2,1-2H3. The molecule has 0 bridgehead atoms.